The molecule has 4 rings (SSSR count). The van der Waals surface area contributed by atoms with E-state index in [9.17, 15) is 4.79 Å². The van der Waals surface area contributed by atoms with Gasteiger partial charge in [-0.05, 0) is 68.2 Å². The van der Waals surface area contributed by atoms with Crippen LogP contribution in [0, 0.1) is 5.92 Å². The predicted molar refractivity (Wildman–Crippen MR) is 158 cm³/mol. The molecule has 2 unspecified atom stereocenters. The standard InChI is InChI=1S/C32H41ClN4O/c1-25(17-18-35(2)3)23-30(28-15-10-16-29(33)24-28)36-19-21-37(22-20-36)32(38)34-31(26-11-6-4-7-12-26)27-13-8-5-9-14-27/h4-16,24-25,30-31H,17-23H2,1-3H3,(H,34,38). The van der Waals surface area contributed by atoms with Gasteiger partial charge in [0.15, 0.2) is 0 Å². The molecule has 3 aromatic carbocycles. The molecule has 1 fully saturated rings. The second-order valence-corrected chi connectivity index (χ2v) is 11.2. The lowest BCUT2D eigenvalue weighted by molar-refractivity contribution is 0.0951. The molecule has 1 heterocycles. The van der Waals surface area contributed by atoms with Crippen LogP contribution in [0.5, 0.6) is 0 Å². The second-order valence-electron chi connectivity index (χ2n) is 10.7. The second kappa shape index (κ2) is 13.8. The van der Waals surface area contributed by atoms with E-state index in [2.05, 4.69) is 72.5 Å². The number of carbonyl (C=O) groups excluding carboxylic acids is 1. The fourth-order valence-corrected chi connectivity index (χ4v) is 5.49. The fraction of sp³-hybridized carbons (Fsp3) is 0.406. The van der Waals surface area contributed by atoms with Crippen LogP contribution >= 0.6 is 11.6 Å². The number of benzene rings is 3. The van der Waals surface area contributed by atoms with Crippen molar-refractivity contribution in [2.45, 2.75) is 31.8 Å². The number of urea groups is 1. The zero-order valence-electron chi connectivity index (χ0n) is 22.9. The van der Waals surface area contributed by atoms with E-state index >= 15 is 0 Å². The van der Waals surface area contributed by atoms with Crippen LogP contribution in [0.1, 0.15) is 48.5 Å². The van der Waals surface area contributed by atoms with Crippen molar-refractivity contribution in [2.75, 3.05) is 46.8 Å². The minimum atomic E-state index is -0.181. The summed E-state index contributed by atoms with van der Waals surface area (Å²) in [5, 5.41) is 4.09. The van der Waals surface area contributed by atoms with Crippen LogP contribution in [0.15, 0.2) is 84.9 Å². The van der Waals surface area contributed by atoms with Crippen molar-refractivity contribution in [3.63, 3.8) is 0 Å². The summed E-state index contributed by atoms with van der Waals surface area (Å²) < 4.78 is 0. The van der Waals surface area contributed by atoms with Crippen molar-refractivity contribution in [1.29, 1.82) is 0 Å². The number of carbonyl (C=O) groups is 1. The van der Waals surface area contributed by atoms with Gasteiger partial charge >= 0.3 is 6.03 Å². The summed E-state index contributed by atoms with van der Waals surface area (Å²) in [6, 6.07) is 28.8. The van der Waals surface area contributed by atoms with Gasteiger partial charge in [0, 0.05) is 37.2 Å². The number of nitrogens with zero attached hydrogens (tertiary/aromatic N) is 3. The van der Waals surface area contributed by atoms with Crippen LogP contribution in [0.2, 0.25) is 5.02 Å². The lowest BCUT2D eigenvalue weighted by Crippen LogP contribution is -2.53. The Balaban J connectivity index is 1.43. The maximum Gasteiger partial charge on any atom is 0.318 e. The van der Waals surface area contributed by atoms with Gasteiger partial charge in [-0.2, -0.15) is 0 Å². The van der Waals surface area contributed by atoms with Gasteiger partial charge in [-0.3, -0.25) is 4.90 Å². The summed E-state index contributed by atoms with van der Waals surface area (Å²) >= 11 is 6.39. The maximum atomic E-state index is 13.4. The topological polar surface area (TPSA) is 38.8 Å². The lowest BCUT2D eigenvalue weighted by Gasteiger charge is -2.41. The molecule has 1 N–H and O–H groups in total. The van der Waals surface area contributed by atoms with Crippen LogP contribution < -0.4 is 5.32 Å². The highest BCUT2D eigenvalue weighted by molar-refractivity contribution is 6.30. The number of rotatable bonds is 10. The molecule has 202 valence electrons. The van der Waals surface area contributed by atoms with Gasteiger partial charge in [0.05, 0.1) is 6.04 Å². The highest BCUT2D eigenvalue weighted by atomic mass is 35.5. The van der Waals surface area contributed by atoms with Crippen molar-refractivity contribution in [2.24, 2.45) is 5.92 Å². The summed E-state index contributed by atoms with van der Waals surface area (Å²) in [6.07, 6.45) is 2.23. The molecule has 2 amide bonds. The molecular weight excluding hydrogens is 492 g/mol. The molecule has 0 bridgehead atoms. The summed E-state index contributed by atoms with van der Waals surface area (Å²) in [5.74, 6) is 0.584. The molecule has 2 atom stereocenters. The third-order valence-electron chi connectivity index (χ3n) is 7.50. The van der Waals surface area contributed by atoms with Gasteiger partial charge in [0.25, 0.3) is 0 Å². The number of amides is 2. The van der Waals surface area contributed by atoms with E-state index in [1.54, 1.807) is 0 Å². The Labute approximate surface area is 233 Å². The largest absolute Gasteiger partial charge is 0.327 e. The smallest absolute Gasteiger partial charge is 0.318 e. The number of piperazine rings is 1. The van der Waals surface area contributed by atoms with Crippen LogP contribution in [0.25, 0.3) is 0 Å². The van der Waals surface area contributed by atoms with E-state index < -0.39 is 0 Å². The zero-order valence-corrected chi connectivity index (χ0v) is 23.6. The monoisotopic (exact) mass is 532 g/mol. The van der Waals surface area contributed by atoms with E-state index in [0.29, 0.717) is 19.0 Å². The molecule has 0 spiro atoms. The molecule has 1 aliphatic heterocycles. The van der Waals surface area contributed by atoms with Crippen LogP contribution in [0.3, 0.4) is 0 Å². The molecule has 0 aliphatic carbocycles. The maximum absolute atomic E-state index is 13.4. The van der Waals surface area contributed by atoms with Gasteiger partial charge < -0.3 is 15.1 Å². The summed E-state index contributed by atoms with van der Waals surface area (Å²) in [7, 11) is 4.26. The highest BCUT2D eigenvalue weighted by Gasteiger charge is 2.29. The molecule has 0 saturated carbocycles. The van der Waals surface area contributed by atoms with Crippen LogP contribution in [-0.4, -0.2) is 67.5 Å². The van der Waals surface area contributed by atoms with Crippen LogP contribution in [-0.2, 0) is 0 Å². The number of hydrogen-bond acceptors (Lipinski definition) is 3. The molecule has 0 aromatic heterocycles. The average molecular weight is 533 g/mol. The average Bonchev–Trinajstić information content (AvgIpc) is 2.94. The Morgan fingerprint density at radius 2 is 1.45 bits per heavy atom. The van der Waals surface area contributed by atoms with E-state index in [1.165, 1.54) is 5.56 Å². The quantitative estimate of drug-likeness (QED) is 0.325. The third-order valence-corrected chi connectivity index (χ3v) is 7.74. The third kappa shape index (κ3) is 7.83. The number of nitrogens with one attached hydrogen (secondary N) is 1. The van der Waals surface area contributed by atoms with E-state index in [0.717, 1.165) is 48.6 Å². The molecule has 38 heavy (non-hydrogen) atoms. The first-order chi connectivity index (χ1) is 18.4. The molecule has 3 aromatic rings. The fourth-order valence-electron chi connectivity index (χ4n) is 5.29. The highest BCUT2D eigenvalue weighted by Crippen LogP contribution is 2.32. The van der Waals surface area contributed by atoms with Crippen LogP contribution in [0.4, 0.5) is 4.79 Å². The van der Waals surface area contributed by atoms with Gasteiger partial charge in [-0.1, -0.05) is 91.3 Å². The Bertz CT molecular complexity index is 1090. The Morgan fingerprint density at radius 1 is 0.868 bits per heavy atom. The molecule has 1 aliphatic rings. The van der Waals surface area contributed by atoms with Gasteiger partial charge in [0.1, 0.15) is 0 Å². The van der Waals surface area contributed by atoms with Crippen molar-refractivity contribution in [3.8, 4) is 0 Å². The zero-order chi connectivity index (χ0) is 26.9. The predicted octanol–water partition coefficient (Wildman–Crippen LogP) is 6.48. The first-order valence-corrected chi connectivity index (χ1v) is 14.1. The number of hydrogen-bond donors (Lipinski definition) is 1. The van der Waals surface area contributed by atoms with Gasteiger partial charge in [0.2, 0.25) is 0 Å². The van der Waals surface area contributed by atoms with E-state index in [-0.39, 0.29) is 18.1 Å². The van der Waals surface area contributed by atoms with Crippen molar-refractivity contribution in [3.05, 3.63) is 107 Å². The first kappa shape index (κ1) is 28.2. The molecule has 0 radical (unpaired) electrons. The van der Waals surface area contributed by atoms with E-state index in [1.807, 2.05) is 53.4 Å². The Hall–Kier alpha value is -2.86. The van der Waals surface area contributed by atoms with E-state index in [4.69, 9.17) is 11.6 Å². The van der Waals surface area contributed by atoms with Gasteiger partial charge in [-0.15, -0.1) is 0 Å². The lowest BCUT2D eigenvalue weighted by atomic mass is 9.92. The van der Waals surface area contributed by atoms with Crippen molar-refractivity contribution in [1.82, 2.24) is 20.0 Å². The van der Waals surface area contributed by atoms with Crippen molar-refractivity contribution < 1.29 is 4.79 Å². The molecular formula is C32H41ClN4O. The minimum absolute atomic E-state index is 0.0130. The normalized spacial score (nSPS) is 16.0. The molecule has 1 saturated heterocycles. The molecule has 6 heteroatoms. The first-order valence-electron chi connectivity index (χ1n) is 13.7. The van der Waals surface area contributed by atoms with Gasteiger partial charge in [-0.25, -0.2) is 4.79 Å². The minimum Gasteiger partial charge on any atom is -0.327 e. The molecule has 5 nitrogen and oxygen atoms in total. The summed E-state index contributed by atoms with van der Waals surface area (Å²) in [4.78, 5) is 20.2. The summed E-state index contributed by atoms with van der Waals surface area (Å²) in [5.41, 5.74) is 3.43. The number of halogens is 1. The summed E-state index contributed by atoms with van der Waals surface area (Å²) in [6.45, 7) is 6.51. The van der Waals surface area contributed by atoms with Crippen molar-refractivity contribution >= 4 is 17.6 Å². The Morgan fingerprint density at radius 3 is 2.00 bits per heavy atom. The Kier molecular flexibility index (Phi) is 10.2. The SMILES string of the molecule is CC(CCN(C)C)CC(c1cccc(Cl)c1)N1CCN(C(=O)NC(c2ccccc2)c2ccccc2)CC1.